The largest absolute Gasteiger partial charge is 0.507 e. The molecule has 7 heteroatoms. The molecule has 2 N–H and O–H groups in total. The van der Waals surface area contributed by atoms with Crippen LogP contribution in [0.25, 0.3) is 6.08 Å². The minimum Gasteiger partial charge on any atom is -0.507 e. The Kier molecular flexibility index (Phi) is 6.03. The summed E-state index contributed by atoms with van der Waals surface area (Å²) in [6, 6.07) is 14.2. The van der Waals surface area contributed by atoms with Gasteiger partial charge in [0.2, 0.25) is 0 Å². The number of thioether (sulfide) groups is 1. The maximum absolute atomic E-state index is 12.4. The lowest BCUT2D eigenvalue weighted by atomic mass is 10.1. The molecule has 0 atom stereocenters. The third-order valence-corrected chi connectivity index (χ3v) is 5.28. The lowest BCUT2D eigenvalue weighted by Crippen LogP contribution is -2.12. The first-order valence-electron chi connectivity index (χ1n) is 8.12. The number of halogens is 1. The van der Waals surface area contributed by atoms with Crippen molar-refractivity contribution in [2.75, 3.05) is 6.61 Å². The number of nitrogens with zero attached hydrogens (tertiary/aromatic N) is 1. The molecule has 1 aliphatic heterocycles. The van der Waals surface area contributed by atoms with Crippen molar-refractivity contribution in [2.24, 2.45) is 4.99 Å². The molecule has 3 rings (SSSR count). The monoisotopic (exact) mass is 445 g/mol. The van der Waals surface area contributed by atoms with E-state index >= 15 is 0 Å². The van der Waals surface area contributed by atoms with Crippen LogP contribution in [0.4, 0.5) is 5.69 Å². The van der Waals surface area contributed by atoms with Crippen LogP contribution in [0.2, 0.25) is 0 Å². The molecule has 0 radical (unpaired) electrons. The second-order valence-corrected chi connectivity index (χ2v) is 7.40. The first-order chi connectivity index (χ1) is 13.0. The van der Waals surface area contributed by atoms with E-state index in [1.165, 1.54) is 11.8 Å². The van der Waals surface area contributed by atoms with Crippen molar-refractivity contribution in [2.45, 2.75) is 6.92 Å². The van der Waals surface area contributed by atoms with Gasteiger partial charge in [-0.2, -0.15) is 0 Å². The van der Waals surface area contributed by atoms with Crippen LogP contribution in [-0.2, 0) is 9.53 Å². The summed E-state index contributed by atoms with van der Waals surface area (Å²) < 4.78 is 5.61. The second kappa shape index (κ2) is 8.45. The van der Waals surface area contributed by atoms with Crippen LogP contribution >= 0.6 is 27.7 Å². The summed E-state index contributed by atoms with van der Waals surface area (Å²) in [4.78, 5) is 17.3. The molecule has 0 saturated carbocycles. The van der Waals surface area contributed by atoms with Crippen LogP contribution in [-0.4, -0.2) is 27.8 Å². The number of esters is 1. The number of para-hydroxylation sites is 1. The van der Waals surface area contributed by atoms with Gasteiger partial charge in [0.1, 0.15) is 22.1 Å². The van der Waals surface area contributed by atoms with Crippen molar-refractivity contribution < 1.29 is 19.7 Å². The fourth-order valence-electron chi connectivity index (χ4n) is 2.38. The molecule has 0 amide bonds. The van der Waals surface area contributed by atoms with Crippen molar-refractivity contribution in [3.8, 4) is 5.75 Å². The average molecular weight is 446 g/mol. The van der Waals surface area contributed by atoms with Crippen LogP contribution in [0.15, 0.2) is 74.2 Å². The van der Waals surface area contributed by atoms with Gasteiger partial charge in [0, 0.05) is 0 Å². The Morgan fingerprint density at radius 3 is 2.63 bits per heavy atom. The number of aromatic hydroxyl groups is 1. The topological polar surface area (TPSA) is 79.1 Å². The van der Waals surface area contributed by atoms with Crippen LogP contribution in [0.3, 0.4) is 0 Å². The van der Waals surface area contributed by atoms with Gasteiger partial charge >= 0.3 is 5.97 Å². The summed E-state index contributed by atoms with van der Waals surface area (Å²) in [6.45, 7) is 1.90. The standard InChI is InChI=1S/C20H16BrNO4S/c1-2-26-20(25)17-18(24)16(11-12-8-9-15(23)14(21)10-12)27-19(17)22-13-6-4-3-5-7-13/h3-11,23-24H,2H2,1H3/b16-11-,22-19?. The highest BCUT2D eigenvalue weighted by Crippen LogP contribution is 2.40. The lowest BCUT2D eigenvalue weighted by molar-refractivity contribution is -0.138. The first-order valence-corrected chi connectivity index (χ1v) is 9.73. The highest BCUT2D eigenvalue weighted by molar-refractivity contribution is 9.10. The minimum atomic E-state index is -0.618. The Labute approximate surface area is 169 Å². The molecule has 0 aliphatic carbocycles. The van der Waals surface area contributed by atoms with Crippen LogP contribution < -0.4 is 0 Å². The molecule has 138 valence electrons. The number of hydrogen-bond acceptors (Lipinski definition) is 6. The number of aliphatic hydroxyl groups is 1. The van der Waals surface area contributed by atoms with E-state index in [-0.39, 0.29) is 23.7 Å². The van der Waals surface area contributed by atoms with E-state index in [2.05, 4.69) is 20.9 Å². The number of aliphatic hydroxyl groups excluding tert-OH is 1. The molecule has 0 saturated heterocycles. The molecule has 0 bridgehead atoms. The number of ether oxygens (including phenoxy) is 1. The third kappa shape index (κ3) is 4.43. The predicted octanol–water partition coefficient (Wildman–Crippen LogP) is 5.35. The van der Waals surface area contributed by atoms with Crippen LogP contribution in [0, 0.1) is 0 Å². The highest BCUT2D eigenvalue weighted by atomic mass is 79.9. The van der Waals surface area contributed by atoms with E-state index in [1.807, 2.05) is 30.3 Å². The average Bonchev–Trinajstić information content (AvgIpc) is 2.94. The van der Waals surface area contributed by atoms with Gasteiger partial charge < -0.3 is 14.9 Å². The first kappa shape index (κ1) is 19.3. The molecule has 2 aromatic rings. The van der Waals surface area contributed by atoms with Crippen molar-refractivity contribution in [1.82, 2.24) is 0 Å². The Balaban J connectivity index is 2.04. The van der Waals surface area contributed by atoms with Gasteiger partial charge in [0.05, 0.1) is 21.7 Å². The number of hydrogen-bond donors (Lipinski definition) is 2. The molecular weight excluding hydrogens is 430 g/mol. The fraction of sp³-hybridized carbons (Fsp3) is 0.100. The summed E-state index contributed by atoms with van der Waals surface area (Å²) in [7, 11) is 0. The zero-order chi connectivity index (χ0) is 19.4. The Hall–Kier alpha value is -2.51. The van der Waals surface area contributed by atoms with E-state index in [1.54, 1.807) is 31.2 Å². The van der Waals surface area contributed by atoms with Gasteiger partial charge in [-0.15, -0.1) is 0 Å². The van der Waals surface area contributed by atoms with Gasteiger partial charge in [-0.3, -0.25) is 0 Å². The molecule has 1 aliphatic rings. The smallest absolute Gasteiger partial charge is 0.344 e. The number of carbonyl (C=O) groups excluding carboxylic acids is 1. The predicted molar refractivity (Wildman–Crippen MR) is 111 cm³/mol. The number of rotatable bonds is 4. The molecule has 0 aromatic heterocycles. The van der Waals surface area contributed by atoms with E-state index in [9.17, 15) is 15.0 Å². The molecular formula is C20H16BrNO4S. The van der Waals surface area contributed by atoms with Crippen LogP contribution in [0.1, 0.15) is 12.5 Å². The van der Waals surface area contributed by atoms with Gasteiger partial charge in [0.15, 0.2) is 0 Å². The Morgan fingerprint density at radius 1 is 1.22 bits per heavy atom. The minimum absolute atomic E-state index is 0.0507. The SMILES string of the molecule is CCOC(=O)C1=C(O)/C(=C/c2ccc(O)c(Br)c2)SC1=Nc1ccccc1. The normalized spacial score (nSPS) is 17.0. The number of aliphatic imine (C=N–C) groups is 1. The van der Waals surface area contributed by atoms with E-state index in [0.717, 1.165) is 5.56 Å². The third-order valence-electron chi connectivity index (χ3n) is 3.63. The number of benzene rings is 2. The molecule has 5 nitrogen and oxygen atoms in total. The molecule has 1 heterocycles. The van der Waals surface area contributed by atoms with Crippen molar-refractivity contribution in [3.05, 3.63) is 74.8 Å². The quantitative estimate of drug-likeness (QED) is 0.620. The van der Waals surface area contributed by atoms with Crippen LogP contribution in [0.5, 0.6) is 5.75 Å². The zero-order valence-corrected chi connectivity index (χ0v) is 16.8. The number of phenols is 1. The number of phenolic OH excluding ortho intramolecular Hbond substituents is 1. The zero-order valence-electron chi connectivity index (χ0n) is 14.3. The summed E-state index contributed by atoms with van der Waals surface area (Å²) in [5, 5.41) is 20.6. The molecule has 0 unspecified atom stereocenters. The summed E-state index contributed by atoms with van der Waals surface area (Å²) in [5.41, 5.74) is 1.47. The van der Waals surface area contributed by atoms with Crippen molar-refractivity contribution >= 4 is 50.5 Å². The lowest BCUT2D eigenvalue weighted by Gasteiger charge is -2.03. The maximum Gasteiger partial charge on any atom is 0.344 e. The Bertz CT molecular complexity index is 967. The summed E-state index contributed by atoms with van der Waals surface area (Å²) >= 11 is 4.45. The molecule has 2 aromatic carbocycles. The number of carbonyl (C=O) groups is 1. The van der Waals surface area contributed by atoms with Gasteiger partial charge in [-0.25, -0.2) is 9.79 Å². The maximum atomic E-state index is 12.4. The highest BCUT2D eigenvalue weighted by Gasteiger charge is 2.33. The van der Waals surface area contributed by atoms with E-state index < -0.39 is 5.97 Å². The van der Waals surface area contributed by atoms with E-state index in [0.29, 0.717) is 20.1 Å². The summed E-state index contributed by atoms with van der Waals surface area (Å²) in [5.74, 6) is -0.667. The second-order valence-electron chi connectivity index (χ2n) is 5.52. The Morgan fingerprint density at radius 2 is 1.96 bits per heavy atom. The fourth-order valence-corrected chi connectivity index (χ4v) is 3.81. The van der Waals surface area contributed by atoms with Gasteiger partial charge in [-0.05, 0) is 58.8 Å². The van der Waals surface area contributed by atoms with Crippen molar-refractivity contribution in [1.29, 1.82) is 0 Å². The molecule has 0 fully saturated rings. The summed E-state index contributed by atoms with van der Waals surface area (Å²) in [6.07, 6.45) is 1.72. The van der Waals surface area contributed by atoms with Gasteiger partial charge in [0.25, 0.3) is 0 Å². The van der Waals surface area contributed by atoms with E-state index in [4.69, 9.17) is 4.74 Å². The molecule has 0 spiro atoms. The van der Waals surface area contributed by atoms with Gasteiger partial charge in [-0.1, -0.05) is 36.0 Å². The van der Waals surface area contributed by atoms with Crippen molar-refractivity contribution in [3.63, 3.8) is 0 Å². The molecule has 27 heavy (non-hydrogen) atoms.